The van der Waals surface area contributed by atoms with Crippen LogP contribution < -0.4 is 0 Å². The van der Waals surface area contributed by atoms with Crippen molar-refractivity contribution in [1.29, 1.82) is 0 Å². The van der Waals surface area contributed by atoms with Gasteiger partial charge in [0.2, 0.25) is 0 Å². The molecule has 0 saturated heterocycles. The Bertz CT molecular complexity index is 736. The number of rotatable bonds is 5. The van der Waals surface area contributed by atoms with Gasteiger partial charge in [0.25, 0.3) is 0 Å². The number of halogens is 1. The van der Waals surface area contributed by atoms with Gasteiger partial charge < -0.3 is 9.30 Å². The maximum atomic E-state index is 13.0. The summed E-state index contributed by atoms with van der Waals surface area (Å²) in [6.07, 6.45) is 1.93. The molecule has 0 N–H and O–H groups in total. The molecular weight excluding hydrogens is 279 g/mol. The van der Waals surface area contributed by atoms with E-state index >= 15 is 0 Å². The minimum absolute atomic E-state index is 0.248. The average molecular weight is 296 g/mol. The fourth-order valence-corrected chi connectivity index (χ4v) is 2.31. The Morgan fingerprint density at radius 3 is 2.45 bits per heavy atom. The summed E-state index contributed by atoms with van der Waals surface area (Å²) < 4.78 is 20.7. The number of hydrogen-bond acceptors (Lipinski definition) is 2. The predicted molar refractivity (Wildman–Crippen MR) is 83.2 cm³/mol. The molecule has 0 aliphatic heterocycles. The van der Waals surface area contributed by atoms with Gasteiger partial charge in [0.05, 0.1) is 12.3 Å². The van der Waals surface area contributed by atoms with Crippen LogP contribution in [0.25, 0.3) is 5.69 Å². The molecule has 0 saturated carbocycles. The van der Waals surface area contributed by atoms with Crippen LogP contribution in [0.4, 0.5) is 4.39 Å². The lowest BCUT2D eigenvalue weighted by Crippen LogP contribution is -2.03. The van der Waals surface area contributed by atoms with Crippen LogP contribution in [0.3, 0.4) is 0 Å². The summed E-state index contributed by atoms with van der Waals surface area (Å²) in [6, 6.07) is 16.4. The van der Waals surface area contributed by atoms with Crippen molar-refractivity contribution >= 4 is 0 Å². The maximum Gasteiger partial charge on any atom is 0.139 e. The molecule has 0 amide bonds. The van der Waals surface area contributed by atoms with E-state index in [2.05, 4.69) is 4.98 Å². The van der Waals surface area contributed by atoms with Crippen molar-refractivity contribution in [3.8, 4) is 5.69 Å². The van der Waals surface area contributed by atoms with Gasteiger partial charge in [-0.15, -0.1) is 0 Å². The van der Waals surface area contributed by atoms with E-state index in [0.717, 1.165) is 22.8 Å². The van der Waals surface area contributed by atoms with Crippen LogP contribution in [0.5, 0.6) is 0 Å². The molecule has 0 atom stereocenters. The zero-order valence-electron chi connectivity index (χ0n) is 12.4. The second kappa shape index (κ2) is 6.54. The Labute approximate surface area is 129 Å². The van der Waals surface area contributed by atoms with Gasteiger partial charge in [0, 0.05) is 11.9 Å². The molecule has 0 fully saturated rings. The number of hydrogen-bond donors (Lipinski definition) is 0. The van der Waals surface area contributed by atoms with E-state index in [1.807, 2.05) is 48.0 Å². The molecule has 3 nitrogen and oxygen atoms in total. The van der Waals surface area contributed by atoms with Crippen molar-refractivity contribution < 1.29 is 9.13 Å². The topological polar surface area (TPSA) is 27.1 Å². The van der Waals surface area contributed by atoms with Crippen LogP contribution in [-0.4, -0.2) is 9.55 Å². The second-order valence-corrected chi connectivity index (χ2v) is 5.12. The van der Waals surface area contributed by atoms with Crippen molar-refractivity contribution in [2.75, 3.05) is 0 Å². The van der Waals surface area contributed by atoms with E-state index in [1.54, 1.807) is 12.1 Å². The highest BCUT2D eigenvalue weighted by Gasteiger charge is 2.08. The SMILES string of the molecule is Cc1cn(-c2ccc(F)cc2)c(COCc2ccccc2)n1. The number of aryl methyl sites for hydroxylation is 1. The first-order chi connectivity index (χ1) is 10.7. The van der Waals surface area contributed by atoms with Crippen LogP contribution in [0.1, 0.15) is 17.1 Å². The Morgan fingerprint density at radius 1 is 1.00 bits per heavy atom. The highest BCUT2D eigenvalue weighted by Crippen LogP contribution is 2.15. The summed E-state index contributed by atoms with van der Waals surface area (Å²) in [5, 5.41) is 0. The summed E-state index contributed by atoms with van der Waals surface area (Å²) in [5.74, 6) is 0.558. The lowest BCUT2D eigenvalue weighted by atomic mass is 10.2. The van der Waals surface area contributed by atoms with Crippen molar-refractivity contribution in [3.05, 3.63) is 83.7 Å². The average Bonchev–Trinajstić information content (AvgIpc) is 2.90. The fraction of sp³-hybridized carbons (Fsp3) is 0.167. The second-order valence-electron chi connectivity index (χ2n) is 5.12. The third-order valence-electron chi connectivity index (χ3n) is 3.35. The van der Waals surface area contributed by atoms with Crippen molar-refractivity contribution in [2.45, 2.75) is 20.1 Å². The quantitative estimate of drug-likeness (QED) is 0.710. The largest absolute Gasteiger partial charge is 0.369 e. The first kappa shape index (κ1) is 14.5. The van der Waals surface area contributed by atoms with E-state index < -0.39 is 0 Å². The lowest BCUT2D eigenvalue weighted by Gasteiger charge is -2.08. The number of aromatic nitrogens is 2. The van der Waals surface area contributed by atoms with Gasteiger partial charge in [-0.3, -0.25) is 0 Å². The van der Waals surface area contributed by atoms with Crippen molar-refractivity contribution in [2.24, 2.45) is 0 Å². The zero-order valence-corrected chi connectivity index (χ0v) is 12.4. The van der Waals surface area contributed by atoms with Crippen molar-refractivity contribution in [1.82, 2.24) is 9.55 Å². The van der Waals surface area contributed by atoms with Crippen LogP contribution in [-0.2, 0) is 18.0 Å². The molecule has 0 aliphatic rings. The monoisotopic (exact) mass is 296 g/mol. The smallest absolute Gasteiger partial charge is 0.139 e. The van der Waals surface area contributed by atoms with E-state index in [1.165, 1.54) is 12.1 Å². The minimum atomic E-state index is -0.248. The third kappa shape index (κ3) is 3.40. The maximum absolute atomic E-state index is 13.0. The molecule has 0 unspecified atom stereocenters. The van der Waals surface area contributed by atoms with E-state index in [-0.39, 0.29) is 5.82 Å². The summed E-state index contributed by atoms with van der Waals surface area (Å²) in [5.41, 5.74) is 2.90. The Kier molecular flexibility index (Phi) is 4.30. The molecule has 0 bridgehead atoms. The van der Waals surface area contributed by atoms with Gasteiger partial charge in [-0.1, -0.05) is 30.3 Å². The molecule has 112 valence electrons. The number of imidazole rings is 1. The molecule has 2 aromatic carbocycles. The molecular formula is C18H17FN2O. The minimum Gasteiger partial charge on any atom is -0.369 e. The van der Waals surface area contributed by atoms with Gasteiger partial charge in [-0.05, 0) is 36.8 Å². The predicted octanol–water partition coefficient (Wildman–Crippen LogP) is 4.04. The Hall–Kier alpha value is -2.46. The molecule has 3 rings (SSSR count). The van der Waals surface area contributed by atoms with E-state index in [9.17, 15) is 4.39 Å². The summed E-state index contributed by atoms with van der Waals surface area (Å²) in [6.45, 7) is 2.87. The first-order valence-corrected chi connectivity index (χ1v) is 7.15. The Balaban J connectivity index is 1.72. The highest BCUT2D eigenvalue weighted by atomic mass is 19.1. The van der Waals surface area contributed by atoms with E-state index in [0.29, 0.717) is 13.2 Å². The van der Waals surface area contributed by atoms with Gasteiger partial charge in [0.1, 0.15) is 18.2 Å². The molecule has 0 spiro atoms. The van der Waals surface area contributed by atoms with Crippen LogP contribution in [0.2, 0.25) is 0 Å². The summed E-state index contributed by atoms with van der Waals surface area (Å²) in [7, 11) is 0. The fourth-order valence-electron chi connectivity index (χ4n) is 2.31. The van der Waals surface area contributed by atoms with Crippen molar-refractivity contribution in [3.63, 3.8) is 0 Å². The van der Waals surface area contributed by atoms with Gasteiger partial charge >= 0.3 is 0 Å². The van der Waals surface area contributed by atoms with E-state index in [4.69, 9.17) is 4.74 Å². The summed E-state index contributed by atoms with van der Waals surface area (Å²) in [4.78, 5) is 4.48. The number of nitrogens with zero attached hydrogens (tertiary/aromatic N) is 2. The number of ether oxygens (including phenoxy) is 1. The van der Waals surface area contributed by atoms with Gasteiger partial charge in [0.15, 0.2) is 0 Å². The summed E-state index contributed by atoms with van der Waals surface area (Å²) >= 11 is 0. The molecule has 4 heteroatoms. The highest BCUT2D eigenvalue weighted by molar-refractivity contribution is 5.34. The molecule has 1 aromatic heterocycles. The lowest BCUT2D eigenvalue weighted by molar-refractivity contribution is 0.101. The van der Waals surface area contributed by atoms with Gasteiger partial charge in [-0.2, -0.15) is 0 Å². The normalized spacial score (nSPS) is 10.8. The molecule has 22 heavy (non-hydrogen) atoms. The molecule has 0 radical (unpaired) electrons. The molecule has 0 aliphatic carbocycles. The Morgan fingerprint density at radius 2 is 1.73 bits per heavy atom. The van der Waals surface area contributed by atoms with Crippen LogP contribution in [0.15, 0.2) is 60.8 Å². The third-order valence-corrected chi connectivity index (χ3v) is 3.35. The number of benzene rings is 2. The zero-order chi connectivity index (χ0) is 15.4. The molecule has 3 aromatic rings. The van der Waals surface area contributed by atoms with Crippen LogP contribution in [0, 0.1) is 12.7 Å². The van der Waals surface area contributed by atoms with Crippen LogP contribution >= 0.6 is 0 Å². The standard InChI is InChI=1S/C18H17FN2O/c1-14-11-21(17-9-7-16(19)8-10-17)18(20-14)13-22-12-15-5-3-2-4-6-15/h2-11H,12-13H2,1H3. The molecule has 1 heterocycles. The first-order valence-electron chi connectivity index (χ1n) is 7.15. The van der Waals surface area contributed by atoms with Gasteiger partial charge in [-0.25, -0.2) is 9.37 Å².